The Kier molecular flexibility index (Phi) is 4.00. The molecule has 2 heterocycles. The van der Waals surface area contributed by atoms with E-state index in [1.807, 2.05) is 19.1 Å². The molecule has 2 N–H and O–H groups in total. The maximum atomic E-state index is 12.5. The lowest BCUT2D eigenvalue weighted by molar-refractivity contribution is 0.102. The van der Waals surface area contributed by atoms with E-state index < -0.39 is 0 Å². The van der Waals surface area contributed by atoms with Crippen molar-refractivity contribution in [2.75, 3.05) is 11.9 Å². The van der Waals surface area contributed by atoms with Gasteiger partial charge in [-0.15, -0.1) is 0 Å². The van der Waals surface area contributed by atoms with E-state index in [0.29, 0.717) is 29.3 Å². The van der Waals surface area contributed by atoms with Gasteiger partial charge in [-0.3, -0.25) is 9.89 Å². The van der Waals surface area contributed by atoms with Crippen LogP contribution in [0.5, 0.6) is 5.75 Å². The normalized spacial score (nSPS) is 10.6. The summed E-state index contributed by atoms with van der Waals surface area (Å²) in [4.78, 5) is 16.7. The Morgan fingerprint density at radius 1 is 1.32 bits per heavy atom. The Morgan fingerprint density at radius 3 is 3.05 bits per heavy atom. The van der Waals surface area contributed by atoms with Crippen molar-refractivity contribution < 1.29 is 9.53 Å². The number of carbonyl (C=O) groups excluding carboxylic acids is 1. The van der Waals surface area contributed by atoms with Crippen LogP contribution in [-0.4, -0.2) is 27.7 Å². The van der Waals surface area contributed by atoms with E-state index in [-0.39, 0.29) is 5.91 Å². The third kappa shape index (κ3) is 2.76. The van der Waals surface area contributed by atoms with E-state index in [2.05, 4.69) is 20.5 Å². The number of amides is 1. The summed E-state index contributed by atoms with van der Waals surface area (Å²) in [7, 11) is 0. The minimum atomic E-state index is -0.222. The molecule has 0 spiro atoms. The van der Waals surface area contributed by atoms with Crippen LogP contribution in [0.2, 0.25) is 0 Å². The molecule has 3 rings (SSSR count). The molecule has 0 aliphatic heterocycles. The molecular formula is C16H16N4O2. The molecule has 0 fully saturated rings. The third-order valence-electron chi connectivity index (χ3n) is 3.20. The predicted molar refractivity (Wildman–Crippen MR) is 84.1 cm³/mol. The molecule has 0 atom stereocenters. The number of nitrogens with one attached hydrogen (secondary N) is 2. The van der Waals surface area contributed by atoms with Crippen molar-refractivity contribution in [2.45, 2.75) is 13.3 Å². The van der Waals surface area contributed by atoms with Crippen molar-refractivity contribution in [3.8, 4) is 5.75 Å². The summed E-state index contributed by atoms with van der Waals surface area (Å²) in [6.07, 6.45) is 4.14. The molecule has 0 unspecified atom stereocenters. The largest absolute Gasteiger partial charge is 0.493 e. The number of hydrogen-bond donors (Lipinski definition) is 2. The lowest BCUT2D eigenvalue weighted by Gasteiger charge is -2.11. The van der Waals surface area contributed by atoms with Crippen LogP contribution in [0.1, 0.15) is 23.7 Å². The highest BCUT2D eigenvalue weighted by Crippen LogP contribution is 2.23. The average Bonchev–Trinajstić information content (AvgIpc) is 3.03. The predicted octanol–water partition coefficient (Wildman–Crippen LogP) is 3.00. The first-order chi connectivity index (χ1) is 10.8. The van der Waals surface area contributed by atoms with E-state index in [4.69, 9.17) is 4.74 Å². The molecule has 0 aliphatic rings. The van der Waals surface area contributed by atoms with Gasteiger partial charge in [0.05, 0.1) is 29.4 Å². The van der Waals surface area contributed by atoms with E-state index >= 15 is 0 Å². The molecule has 1 amide bonds. The smallest absolute Gasteiger partial charge is 0.259 e. The third-order valence-corrected chi connectivity index (χ3v) is 3.20. The van der Waals surface area contributed by atoms with E-state index in [1.54, 1.807) is 30.6 Å². The Labute approximate surface area is 127 Å². The highest BCUT2D eigenvalue weighted by Gasteiger charge is 2.14. The molecule has 0 bridgehead atoms. The van der Waals surface area contributed by atoms with Gasteiger partial charge in [-0.05, 0) is 24.6 Å². The zero-order valence-corrected chi connectivity index (χ0v) is 12.2. The summed E-state index contributed by atoms with van der Waals surface area (Å²) in [6, 6.07) is 8.94. The Hall–Kier alpha value is -2.89. The summed E-state index contributed by atoms with van der Waals surface area (Å²) in [6.45, 7) is 2.60. The standard InChI is InChI=1S/C16H16N4O2/c1-2-9-22-14-6-4-3-5-11(14)16(21)19-13-7-8-17-15-12(13)10-18-20-15/h3-8,10H,2,9H2,1H3,(H2,17,18,19,20,21). The molecule has 6 heteroatoms. The lowest BCUT2D eigenvalue weighted by Crippen LogP contribution is -2.14. The van der Waals surface area contributed by atoms with E-state index in [0.717, 1.165) is 11.8 Å². The minimum Gasteiger partial charge on any atom is -0.493 e. The van der Waals surface area contributed by atoms with Gasteiger partial charge in [-0.25, -0.2) is 4.98 Å². The van der Waals surface area contributed by atoms with E-state index in [9.17, 15) is 4.79 Å². The molecule has 112 valence electrons. The van der Waals surface area contributed by atoms with Crippen molar-refractivity contribution >= 4 is 22.6 Å². The summed E-state index contributed by atoms with van der Waals surface area (Å²) >= 11 is 0. The number of H-pyrrole nitrogens is 1. The number of nitrogens with zero attached hydrogens (tertiary/aromatic N) is 2. The zero-order valence-electron chi connectivity index (χ0n) is 12.2. The van der Waals surface area contributed by atoms with Crippen molar-refractivity contribution in [3.63, 3.8) is 0 Å². The van der Waals surface area contributed by atoms with Crippen LogP contribution in [0, 0.1) is 0 Å². The quantitative estimate of drug-likeness (QED) is 0.758. The Balaban J connectivity index is 1.87. The maximum absolute atomic E-state index is 12.5. The van der Waals surface area contributed by atoms with Gasteiger partial charge >= 0.3 is 0 Å². The van der Waals surface area contributed by atoms with Crippen LogP contribution in [0.3, 0.4) is 0 Å². The van der Waals surface area contributed by atoms with Crippen LogP contribution in [0.4, 0.5) is 5.69 Å². The Morgan fingerprint density at radius 2 is 2.18 bits per heavy atom. The molecule has 2 aromatic heterocycles. The highest BCUT2D eigenvalue weighted by atomic mass is 16.5. The number of anilines is 1. The first-order valence-corrected chi connectivity index (χ1v) is 7.11. The van der Waals surface area contributed by atoms with Gasteiger partial charge in [-0.2, -0.15) is 5.10 Å². The lowest BCUT2D eigenvalue weighted by atomic mass is 10.1. The van der Waals surface area contributed by atoms with Crippen LogP contribution in [-0.2, 0) is 0 Å². The van der Waals surface area contributed by atoms with Crippen molar-refractivity contribution in [1.82, 2.24) is 15.2 Å². The molecule has 0 saturated heterocycles. The second-order valence-corrected chi connectivity index (χ2v) is 4.79. The number of para-hydroxylation sites is 1. The number of fused-ring (bicyclic) bond motifs is 1. The molecular weight excluding hydrogens is 280 g/mol. The van der Waals surface area contributed by atoms with Gasteiger partial charge in [0.15, 0.2) is 5.65 Å². The average molecular weight is 296 g/mol. The SMILES string of the molecule is CCCOc1ccccc1C(=O)Nc1ccnc2[nH]ncc12. The molecule has 3 aromatic rings. The number of ether oxygens (including phenoxy) is 1. The van der Waals surface area contributed by atoms with Crippen LogP contribution < -0.4 is 10.1 Å². The highest BCUT2D eigenvalue weighted by molar-refractivity contribution is 6.09. The molecule has 0 aliphatic carbocycles. The van der Waals surface area contributed by atoms with Gasteiger partial charge in [0.25, 0.3) is 5.91 Å². The molecule has 22 heavy (non-hydrogen) atoms. The van der Waals surface area contributed by atoms with Gasteiger partial charge in [-0.1, -0.05) is 19.1 Å². The van der Waals surface area contributed by atoms with Crippen molar-refractivity contribution in [1.29, 1.82) is 0 Å². The first kappa shape index (κ1) is 14.1. The number of hydrogen-bond acceptors (Lipinski definition) is 4. The number of rotatable bonds is 5. The molecule has 0 radical (unpaired) electrons. The summed E-state index contributed by atoms with van der Waals surface area (Å²) < 4.78 is 5.63. The second kappa shape index (κ2) is 6.26. The van der Waals surface area contributed by atoms with Crippen molar-refractivity contribution in [2.24, 2.45) is 0 Å². The number of carbonyl (C=O) groups is 1. The monoisotopic (exact) mass is 296 g/mol. The number of benzene rings is 1. The summed E-state index contributed by atoms with van der Waals surface area (Å²) in [5, 5.41) is 10.4. The van der Waals surface area contributed by atoms with Gasteiger partial charge in [0, 0.05) is 6.20 Å². The van der Waals surface area contributed by atoms with Gasteiger partial charge in [0.2, 0.25) is 0 Å². The second-order valence-electron chi connectivity index (χ2n) is 4.79. The van der Waals surface area contributed by atoms with Crippen molar-refractivity contribution in [3.05, 3.63) is 48.3 Å². The maximum Gasteiger partial charge on any atom is 0.259 e. The fraction of sp³-hybridized carbons (Fsp3) is 0.188. The topological polar surface area (TPSA) is 79.9 Å². The molecule has 0 saturated carbocycles. The summed E-state index contributed by atoms with van der Waals surface area (Å²) in [5.41, 5.74) is 1.80. The van der Waals surface area contributed by atoms with Crippen LogP contribution >= 0.6 is 0 Å². The zero-order chi connectivity index (χ0) is 15.4. The fourth-order valence-electron chi connectivity index (χ4n) is 2.14. The number of pyridine rings is 1. The fourth-order valence-corrected chi connectivity index (χ4v) is 2.14. The molecule has 6 nitrogen and oxygen atoms in total. The number of aromatic nitrogens is 3. The van der Waals surface area contributed by atoms with Crippen LogP contribution in [0.25, 0.3) is 11.0 Å². The van der Waals surface area contributed by atoms with Crippen LogP contribution in [0.15, 0.2) is 42.7 Å². The minimum absolute atomic E-state index is 0.222. The summed E-state index contributed by atoms with van der Waals surface area (Å²) in [5.74, 6) is 0.361. The number of aromatic amines is 1. The van der Waals surface area contributed by atoms with Gasteiger partial charge in [0.1, 0.15) is 5.75 Å². The van der Waals surface area contributed by atoms with E-state index in [1.165, 1.54) is 0 Å². The first-order valence-electron chi connectivity index (χ1n) is 7.11. The Bertz CT molecular complexity index is 797. The molecule has 1 aromatic carbocycles. The van der Waals surface area contributed by atoms with Gasteiger partial charge < -0.3 is 10.1 Å².